The van der Waals surface area contributed by atoms with E-state index in [4.69, 9.17) is 23.2 Å². The zero-order chi connectivity index (χ0) is 15.6. The third-order valence-electron chi connectivity index (χ3n) is 2.85. The average molecular weight is 342 g/mol. The molecule has 0 aliphatic rings. The molecule has 0 aliphatic carbocycles. The molecule has 1 N–H and O–H groups in total. The second-order valence-electron chi connectivity index (χ2n) is 4.48. The third-order valence-corrected chi connectivity index (χ3v) is 4.81. The van der Waals surface area contributed by atoms with Gasteiger partial charge in [0.1, 0.15) is 0 Å². The van der Waals surface area contributed by atoms with E-state index >= 15 is 0 Å². The van der Waals surface area contributed by atoms with E-state index in [1.54, 1.807) is 30.3 Å². The molecule has 0 fully saturated rings. The van der Waals surface area contributed by atoms with Crippen LogP contribution in [0, 0.1) is 6.92 Å². The SMILES string of the molecule is C=Cc1ccc(S(=O)(=O)Nc2c(Cl)cc(C)cc2Cl)cc1. The van der Waals surface area contributed by atoms with E-state index in [1.165, 1.54) is 12.1 Å². The summed E-state index contributed by atoms with van der Waals surface area (Å²) >= 11 is 12.1. The average Bonchev–Trinajstić information content (AvgIpc) is 2.43. The van der Waals surface area contributed by atoms with E-state index in [2.05, 4.69) is 11.3 Å². The molecule has 0 saturated carbocycles. The normalized spacial score (nSPS) is 11.2. The summed E-state index contributed by atoms with van der Waals surface area (Å²) in [6.45, 7) is 5.45. The van der Waals surface area contributed by atoms with Crippen LogP contribution in [0.25, 0.3) is 6.08 Å². The highest BCUT2D eigenvalue weighted by atomic mass is 35.5. The van der Waals surface area contributed by atoms with Crippen molar-refractivity contribution in [2.45, 2.75) is 11.8 Å². The molecule has 0 unspecified atom stereocenters. The molecular formula is C15H13Cl2NO2S. The van der Waals surface area contributed by atoms with Crippen LogP contribution in [0.2, 0.25) is 10.0 Å². The maximum absolute atomic E-state index is 12.3. The summed E-state index contributed by atoms with van der Waals surface area (Å²) in [4.78, 5) is 0.126. The van der Waals surface area contributed by atoms with Gasteiger partial charge in [-0.3, -0.25) is 4.72 Å². The summed E-state index contributed by atoms with van der Waals surface area (Å²) in [5.41, 5.74) is 1.86. The molecule has 2 aromatic carbocycles. The van der Waals surface area contributed by atoms with Crippen LogP contribution in [0.1, 0.15) is 11.1 Å². The molecule has 0 amide bonds. The lowest BCUT2D eigenvalue weighted by molar-refractivity contribution is 0.601. The van der Waals surface area contributed by atoms with Crippen LogP contribution in [0.5, 0.6) is 0 Å². The van der Waals surface area contributed by atoms with Gasteiger partial charge in [-0.2, -0.15) is 0 Å². The largest absolute Gasteiger partial charge is 0.277 e. The van der Waals surface area contributed by atoms with E-state index in [9.17, 15) is 8.42 Å². The first-order valence-corrected chi connectivity index (χ1v) is 8.28. The first-order chi connectivity index (χ1) is 9.83. The maximum atomic E-state index is 12.3. The summed E-state index contributed by atoms with van der Waals surface area (Å²) in [6.07, 6.45) is 1.64. The van der Waals surface area contributed by atoms with Crippen LogP contribution in [0.3, 0.4) is 0 Å². The van der Waals surface area contributed by atoms with Crippen molar-refractivity contribution in [1.29, 1.82) is 0 Å². The van der Waals surface area contributed by atoms with Crippen molar-refractivity contribution in [2.75, 3.05) is 4.72 Å². The van der Waals surface area contributed by atoms with Gasteiger partial charge in [-0.15, -0.1) is 0 Å². The first kappa shape index (κ1) is 15.9. The molecule has 0 bridgehead atoms. The van der Waals surface area contributed by atoms with Crippen molar-refractivity contribution in [3.05, 3.63) is 64.1 Å². The Morgan fingerprint density at radius 1 is 1.10 bits per heavy atom. The van der Waals surface area contributed by atoms with Gasteiger partial charge in [0.25, 0.3) is 10.0 Å². The number of aryl methyl sites for hydroxylation is 1. The van der Waals surface area contributed by atoms with Crippen molar-refractivity contribution >= 4 is 45.0 Å². The lowest BCUT2D eigenvalue weighted by Gasteiger charge is -2.12. The molecule has 0 aromatic heterocycles. The minimum Gasteiger partial charge on any atom is -0.277 e. The van der Waals surface area contributed by atoms with Gasteiger partial charge in [0.2, 0.25) is 0 Å². The molecule has 21 heavy (non-hydrogen) atoms. The Morgan fingerprint density at radius 2 is 1.62 bits per heavy atom. The van der Waals surface area contributed by atoms with E-state index in [0.717, 1.165) is 11.1 Å². The Balaban J connectivity index is 2.39. The van der Waals surface area contributed by atoms with E-state index in [0.29, 0.717) is 0 Å². The van der Waals surface area contributed by atoms with E-state index in [1.807, 2.05) is 6.92 Å². The van der Waals surface area contributed by atoms with Gasteiger partial charge < -0.3 is 0 Å². The van der Waals surface area contributed by atoms with Crippen LogP contribution >= 0.6 is 23.2 Å². The molecule has 0 heterocycles. The number of rotatable bonds is 4. The Labute approximate surface area is 134 Å². The molecule has 0 spiro atoms. The smallest absolute Gasteiger partial charge is 0.261 e. The Morgan fingerprint density at radius 3 is 2.10 bits per heavy atom. The summed E-state index contributed by atoms with van der Waals surface area (Å²) in [5.74, 6) is 0. The second kappa shape index (κ2) is 6.10. The zero-order valence-corrected chi connectivity index (χ0v) is 13.6. The van der Waals surface area contributed by atoms with Crippen LogP contribution < -0.4 is 4.72 Å². The van der Waals surface area contributed by atoms with Gasteiger partial charge in [0.05, 0.1) is 20.6 Å². The number of hydrogen-bond acceptors (Lipinski definition) is 2. The molecule has 2 aromatic rings. The predicted octanol–water partition coefficient (Wildman–Crippen LogP) is 4.75. The number of sulfonamides is 1. The van der Waals surface area contributed by atoms with E-state index < -0.39 is 10.0 Å². The highest BCUT2D eigenvalue weighted by Gasteiger charge is 2.18. The summed E-state index contributed by atoms with van der Waals surface area (Å²) in [7, 11) is -3.75. The van der Waals surface area contributed by atoms with Crippen molar-refractivity contribution in [3.63, 3.8) is 0 Å². The standard InChI is InChI=1S/C15H13Cl2NO2S/c1-3-11-4-6-12(7-5-11)21(19,20)18-15-13(16)8-10(2)9-14(15)17/h3-9,18H,1H2,2H3. The van der Waals surface area contributed by atoms with Gasteiger partial charge in [-0.25, -0.2) is 8.42 Å². The molecule has 6 heteroatoms. The highest BCUT2D eigenvalue weighted by molar-refractivity contribution is 7.92. The Hall–Kier alpha value is -1.49. The lowest BCUT2D eigenvalue weighted by atomic mass is 10.2. The van der Waals surface area contributed by atoms with Crippen molar-refractivity contribution < 1.29 is 8.42 Å². The molecule has 110 valence electrons. The van der Waals surface area contributed by atoms with Gasteiger partial charge in [0.15, 0.2) is 0 Å². The van der Waals surface area contributed by atoms with Gasteiger partial charge in [0, 0.05) is 0 Å². The second-order valence-corrected chi connectivity index (χ2v) is 6.98. The molecule has 3 nitrogen and oxygen atoms in total. The zero-order valence-electron chi connectivity index (χ0n) is 11.2. The van der Waals surface area contributed by atoms with Gasteiger partial charge in [-0.1, -0.05) is 48.0 Å². The highest BCUT2D eigenvalue weighted by Crippen LogP contribution is 2.33. The molecule has 2 rings (SSSR count). The fourth-order valence-corrected chi connectivity index (χ4v) is 3.68. The number of anilines is 1. The minimum absolute atomic E-state index is 0.126. The summed E-state index contributed by atoms with van der Waals surface area (Å²) in [5, 5.41) is 0.512. The Bertz CT molecular complexity index is 761. The summed E-state index contributed by atoms with van der Waals surface area (Å²) in [6, 6.07) is 9.61. The van der Waals surface area contributed by atoms with Gasteiger partial charge >= 0.3 is 0 Å². The van der Waals surface area contributed by atoms with Crippen LogP contribution in [0.4, 0.5) is 5.69 Å². The van der Waals surface area contributed by atoms with Crippen molar-refractivity contribution in [1.82, 2.24) is 0 Å². The summed E-state index contributed by atoms with van der Waals surface area (Å²) < 4.78 is 27.1. The van der Waals surface area contributed by atoms with Crippen molar-refractivity contribution in [3.8, 4) is 0 Å². The minimum atomic E-state index is -3.75. The van der Waals surface area contributed by atoms with Gasteiger partial charge in [-0.05, 0) is 42.3 Å². The fourth-order valence-electron chi connectivity index (χ4n) is 1.77. The number of nitrogens with one attached hydrogen (secondary N) is 1. The van der Waals surface area contributed by atoms with Crippen LogP contribution in [-0.4, -0.2) is 8.42 Å². The van der Waals surface area contributed by atoms with Crippen LogP contribution in [-0.2, 0) is 10.0 Å². The monoisotopic (exact) mass is 341 g/mol. The molecular weight excluding hydrogens is 329 g/mol. The number of halogens is 2. The fraction of sp³-hybridized carbons (Fsp3) is 0.0667. The number of hydrogen-bond donors (Lipinski definition) is 1. The third kappa shape index (κ3) is 3.59. The Kier molecular flexibility index (Phi) is 4.61. The van der Waals surface area contributed by atoms with Crippen LogP contribution in [0.15, 0.2) is 47.9 Å². The molecule has 0 atom stereocenters. The quantitative estimate of drug-likeness (QED) is 0.872. The van der Waals surface area contributed by atoms with E-state index in [-0.39, 0.29) is 20.6 Å². The topological polar surface area (TPSA) is 46.2 Å². The molecule has 0 aliphatic heterocycles. The van der Waals surface area contributed by atoms with Crippen molar-refractivity contribution in [2.24, 2.45) is 0 Å². The predicted molar refractivity (Wildman–Crippen MR) is 88.5 cm³/mol. The lowest BCUT2D eigenvalue weighted by Crippen LogP contribution is -2.13. The maximum Gasteiger partial charge on any atom is 0.261 e. The number of benzene rings is 2. The first-order valence-electron chi connectivity index (χ1n) is 6.04. The molecule has 0 radical (unpaired) electrons. The molecule has 0 saturated heterocycles.